The molecular formula is C20H38N2. The van der Waals surface area contributed by atoms with Gasteiger partial charge in [0, 0.05) is 18.6 Å². The highest BCUT2D eigenvalue weighted by atomic mass is 15.2. The van der Waals surface area contributed by atoms with Gasteiger partial charge >= 0.3 is 0 Å². The van der Waals surface area contributed by atoms with E-state index in [1.165, 1.54) is 84.0 Å². The lowest BCUT2D eigenvalue weighted by atomic mass is 9.76. The van der Waals surface area contributed by atoms with E-state index in [2.05, 4.69) is 30.6 Å². The molecule has 128 valence electrons. The highest BCUT2D eigenvalue weighted by molar-refractivity contribution is 4.91. The molecule has 2 atom stereocenters. The minimum absolute atomic E-state index is 0.732. The molecule has 0 aromatic heterocycles. The smallest absolute Gasteiger partial charge is 0.00700 e. The van der Waals surface area contributed by atoms with Crippen LogP contribution in [0.15, 0.2) is 0 Å². The summed E-state index contributed by atoms with van der Waals surface area (Å²) >= 11 is 0. The highest BCUT2D eigenvalue weighted by Gasteiger charge is 2.38. The molecule has 3 rings (SSSR count). The third-order valence-corrected chi connectivity index (χ3v) is 7.10. The number of rotatable bonds is 4. The van der Waals surface area contributed by atoms with E-state index >= 15 is 0 Å². The van der Waals surface area contributed by atoms with Gasteiger partial charge in [-0.3, -0.25) is 0 Å². The van der Waals surface area contributed by atoms with Gasteiger partial charge in [0.25, 0.3) is 0 Å². The van der Waals surface area contributed by atoms with Crippen molar-refractivity contribution in [2.75, 3.05) is 26.2 Å². The van der Waals surface area contributed by atoms with Gasteiger partial charge < -0.3 is 9.80 Å². The fourth-order valence-electron chi connectivity index (χ4n) is 5.45. The van der Waals surface area contributed by atoms with Crippen LogP contribution in [0.1, 0.15) is 78.6 Å². The van der Waals surface area contributed by atoms with E-state index < -0.39 is 0 Å². The molecule has 2 aliphatic heterocycles. The molecule has 22 heavy (non-hydrogen) atoms. The first-order chi connectivity index (χ1) is 10.6. The molecule has 3 aliphatic rings. The van der Waals surface area contributed by atoms with Gasteiger partial charge in [0.15, 0.2) is 0 Å². The summed E-state index contributed by atoms with van der Waals surface area (Å²) in [6.45, 7) is 12.6. The van der Waals surface area contributed by atoms with Crippen LogP contribution in [-0.2, 0) is 0 Å². The maximum Gasteiger partial charge on any atom is 0.00700 e. The summed E-state index contributed by atoms with van der Waals surface area (Å²) in [6, 6.07) is 1.53. The van der Waals surface area contributed by atoms with Crippen LogP contribution < -0.4 is 0 Å². The minimum atomic E-state index is 0.732. The van der Waals surface area contributed by atoms with Crippen LogP contribution in [0.25, 0.3) is 0 Å². The Kier molecular flexibility index (Phi) is 5.50. The zero-order valence-electron chi connectivity index (χ0n) is 15.3. The third kappa shape index (κ3) is 3.87. The van der Waals surface area contributed by atoms with E-state index in [1.807, 2.05) is 0 Å². The first-order valence-corrected chi connectivity index (χ1v) is 10.1. The molecule has 1 aliphatic carbocycles. The molecule has 1 saturated carbocycles. The Morgan fingerprint density at radius 1 is 0.864 bits per heavy atom. The van der Waals surface area contributed by atoms with Crippen LogP contribution in [0.5, 0.6) is 0 Å². The van der Waals surface area contributed by atoms with Crippen LogP contribution >= 0.6 is 0 Å². The Balaban J connectivity index is 1.45. The van der Waals surface area contributed by atoms with Crippen LogP contribution in [-0.4, -0.2) is 48.1 Å². The van der Waals surface area contributed by atoms with Crippen molar-refractivity contribution in [3.8, 4) is 0 Å². The van der Waals surface area contributed by atoms with Crippen molar-refractivity contribution < 1.29 is 0 Å². The second-order valence-electron chi connectivity index (χ2n) is 8.92. The molecule has 1 spiro atoms. The third-order valence-electron chi connectivity index (χ3n) is 7.10. The van der Waals surface area contributed by atoms with Gasteiger partial charge in [0.05, 0.1) is 0 Å². The fraction of sp³-hybridized carbons (Fsp3) is 1.00. The minimum Gasteiger partial charge on any atom is -0.301 e. The lowest BCUT2D eigenvalue weighted by Gasteiger charge is -2.43. The van der Waals surface area contributed by atoms with Crippen molar-refractivity contribution in [1.29, 1.82) is 0 Å². The van der Waals surface area contributed by atoms with E-state index in [0.717, 1.165) is 23.4 Å². The quantitative estimate of drug-likeness (QED) is 0.752. The largest absolute Gasteiger partial charge is 0.301 e. The molecule has 2 nitrogen and oxygen atoms in total. The van der Waals surface area contributed by atoms with Crippen LogP contribution in [0.2, 0.25) is 0 Å². The summed E-state index contributed by atoms with van der Waals surface area (Å²) in [6.07, 6.45) is 13.3. The fourth-order valence-corrected chi connectivity index (χ4v) is 5.45. The van der Waals surface area contributed by atoms with E-state index in [-0.39, 0.29) is 0 Å². The number of hydrogen-bond acceptors (Lipinski definition) is 2. The summed E-state index contributed by atoms with van der Waals surface area (Å²) < 4.78 is 0. The second kappa shape index (κ2) is 7.21. The van der Waals surface area contributed by atoms with Crippen LogP contribution in [0, 0.1) is 11.3 Å². The normalized spacial score (nSPS) is 31.9. The number of nitrogens with zero attached hydrogens (tertiary/aromatic N) is 2. The molecule has 2 saturated heterocycles. The van der Waals surface area contributed by atoms with Gasteiger partial charge in [0.1, 0.15) is 0 Å². The van der Waals surface area contributed by atoms with E-state index in [9.17, 15) is 0 Å². The topological polar surface area (TPSA) is 6.48 Å². The molecule has 0 aromatic rings. The zero-order chi connectivity index (χ0) is 15.6. The second-order valence-corrected chi connectivity index (χ2v) is 8.92. The van der Waals surface area contributed by atoms with Gasteiger partial charge in [-0.15, -0.1) is 0 Å². The Morgan fingerprint density at radius 3 is 2.18 bits per heavy atom. The summed E-state index contributed by atoms with van der Waals surface area (Å²) in [5.41, 5.74) is 0.773. The molecule has 2 heteroatoms. The predicted molar refractivity (Wildman–Crippen MR) is 95.2 cm³/mol. The van der Waals surface area contributed by atoms with Gasteiger partial charge in [-0.2, -0.15) is 0 Å². The molecular weight excluding hydrogens is 268 g/mol. The SMILES string of the molecule is CC(C)N1CCCC(CC(C)N2CCC3(CCCC3)CC2)C1. The van der Waals surface area contributed by atoms with Gasteiger partial charge in [-0.25, -0.2) is 0 Å². The first-order valence-electron chi connectivity index (χ1n) is 10.1. The van der Waals surface area contributed by atoms with Crippen molar-refractivity contribution in [1.82, 2.24) is 9.80 Å². The maximum atomic E-state index is 2.82. The molecule has 0 radical (unpaired) electrons. The Hall–Kier alpha value is -0.0800. The van der Waals surface area contributed by atoms with Crippen molar-refractivity contribution in [3.63, 3.8) is 0 Å². The summed E-state index contributed by atoms with van der Waals surface area (Å²) in [5.74, 6) is 0.938. The first kappa shape index (κ1) is 16.8. The van der Waals surface area contributed by atoms with E-state index in [0.29, 0.717) is 0 Å². The maximum absolute atomic E-state index is 2.82. The average molecular weight is 307 g/mol. The molecule has 2 heterocycles. The number of likely N-dealkylation sites (tertiary alicyclic amines) is 2. The Morgan fingerprint density at radius 2 is 1.55 bits per heavy atom. The Bertz CT molecular complexity index is 336. The Labute approximate surface area is 138 Å². The lowest BCUT2D eigenvalue weighted by molar-refractivity contribution is 0.0596. The van der Waals surface area contributed by atoms with E-state index in [1.54, 1.807) is 0 Å². The molecule has 0 aromatic carbocycles. The molecule has 0 amide bonds. The highest BCUT2D eigenvalue weighted by Crippen LogP contribution is 2.46. The lowest BCUT2D eigenvalue weighted by Crippen LogP contribution is -2.46. The number of hydrogen-bond donors (Lipinski definition) is 0. The summed E-state index contributed by atoms with van der Waals surface area (Å²) in [7, 11) is 0. The van der Waals surface area contributed by atoms with Crippen LogP contribution in [0.3, 0.4) is 0 Å². The van der Waals surface area contributed by atoms with E-state index in [4.69, 9.17) is 0 Å². The van der Waals surface area contributed by atoms with Gasteiger partial charge in [0.2, 0.25) is 0 Å². The van der Waals surface area contributed by atoms with Crippen molar-refractivity contribution in [2.24, 2.45) is 11.3 Å². The summed E-state index contributed by atoms with van der Waals surface area (Å²) in [5, 5.41) is 0. The molecule has 2 unspecified atom stereocenters. The molecule has 0 N–H and O–H groups in total. The van der Waals surface area contributed by atoms with Crippen molar-refractivity contribution in [3.05, 3.63) is 0 Å². The standard InChI is InChI=1S/C20H38N2/c1-17(2)22-12-6-7-19(16-22)15-18(3)21-13-10-20(11-14-21)8-4-5-9-20/h17-19H,4-16H2,1-3H3. The monoisotopic (exact) mass is 306 g/mol. The predicted octanol–water partition coefficient (Wildman–Crippen LogP) is 4.54. The number of piperidine rings is 2. The van der Waals surface area contributed by atoms with Gasteiger partial charge in [-0.05, 0) is 96.7 Å². The van der Waals surface area contributed by atoms with Crippen molar-refractivity contribution in [2.45, 2.75) is 90.6 Å². The zero-order valence-corrected chi connectivity index (χ0v) is 15.3. The average Bonchev–Trinajstić information content (AvgIpc) is 2.96. The van der Waals surface area contributed by atoms with Gasteiger partial charge in [-0.1, -0.05) is 12.8 Å². The molecule has 0 bridgehead atoms. The van der Waals surface area contributed by atoms with Crippen LogP contribution in [0.4, 0.5) is 0 Å². The molecule has 3 fully saturated rings. The van der Waals surface area contributed by atoms with Crippen molar-refractivity contribution >= 4 is 0 Å². The summed E-state index contributed by atoms with van der Waals surface area (Å²) in [4.78, 5) is 5.52.